The van der Waals surface area contributed by atoms with E-state index in [9.17, 15) is 9.59 Å². The van der Waals surface area contributed by atoms with E-state index in [0.717, 1.165) is 6.42 Å². The lowest BCUT2D eigenvalue weighted by Gasteiger charge is -2.05. The minimum atomic E-state index is -1.02. The molecule has 0 spiro atoms. The predicted octanol–water partition coefficient (Wildman–Crippen LogP) is 2.02. The number of carboxylic acid groups (broad SMARTS) is 1. The minimum absolute atomic E-state index is 0.266. The smallest absolute Gasteiger partial charge is 0.314 e. The second-order valence-corrected chi connectivity index (χ2v) is 2.96. The van der Waals surface area contributed by atoms with Crippen molar-refractivity contribution in [2.24, 2.45) is 5.92 Å². The first-order valence-electron chi connectivity index (χ1n) is 4.47. The van der Waals surface area contributed by atoms with Crippen LogP contribution in [0.2, 0.25) is 0 Å². The van der Waals surface area contributed by atoms with Crippen molar-refractivity contribution in [3.8, 4) is 0 Å². The molecule has 0 fully saturated rings. The van der Waals surface area contributed by atoms with Gasteiger partial charge in [0, 0.05) is 0 Å². The van der Waals surface area contributed by atoms with Gasteiger partial charge in [0.2, 0.25) is 0 Å². The molecule has 0 bridgehead atoms. The molecule has 74 valence electrons. The molecule has 1 atom stereocenters. The lowest BCUT2D eigenvalue weighted by molar-refractivity contribution is -0.145. The van der Waals surface area contributed by atoms with Crippen LogP contribution in [0.4, 0.5) is 0 Å². The van der Waals surface area contributed by atoms with Gasteiger partial charge in [-0.3, -0.25) is 9.59 Å². The topological polar surface area (TPSA) is 54.4 Å². The van der Waals surface area contributed by atoms with Crippen LogP contribution >= 0.6 is 0 Å². The van der Waals surface area contributed by atoms with Crippen LogP contribution in [0.5, 0.6) is 0 Å². The van der Waals surface area contributed by atoms with Gasteiger partial charge >= 0.3 is 5.97 Å². The Morgan fingerprint density at radius 1 is 1.38 bits per heavy atom. The lowest BCUT2D eigenvalue weighted by atomic mass is 9.99. The van der Waals surface area contributed by atoms with E-state index >= 15 is 0 Å². The highest BCUT2D eigenvalue weighted by atomic mass is 16.4. The standard InChI is InChI=1S/C10H16O3/c1-3-4-5-6-7-9(8(2)11)10(12)13/h4-5,9H,3,6-7H2,1-2H3,(H,12,13)/b5-4-. The molecule has 0 saturated heterocycles. The summed E-state index contributed by atoms with van der Waals surface area (Å²) in [7, 11) is 0. The molecule has 13 heavy (non-hydrogen) atoms. The third kappa shape index (κ3) is 5.17. The van der Waals surface area contributed by atoms with Gasteiger partial charge in [0.05, 0.1) is 0 Å². The van der Waals surface area contributed by atoms with Crippen LogP contribution in [0.1, 0.15) is 33.1 Å². The fourth-order valence-corrected chi connectivity index (χ4v) is 1.05. The van der Waals surface area contributed by atoms with Gasteiger partial charge < -0.3 is 5.11 Å². The van der Waals surface area contributed by atoms with Gasteiger partial charge in [-0.1, -0.05) is 19.1 Å². The summed E-state index contributed by atoms with van der Waals surface area (Å²) in [5, 5.41) is 8.66. The second-order valence-electron chi connectivity index (χ2n) is 2.96. The molecule has 0 aliphatic heterocycles. The van der Waals surface area contributed by atoms with Crippen molar-refractivity contribution in [3.63, 3.8) is 0 Å². The van der Waals surface area contributed by atoms with E-state index in [1.54, 1.807) is 0 Å². The van der Waals surface area contributed by atoms with Crippen LogP contribution < -0.4 is 0 Å². The van der Waals surface area contributed by atoms with E-state index in [4.69, 9.17) is 5.11 Å². The molecule has 0 aromatic heterocycles. The maximum absolute atomic E-state index is 10.8. The van der Waals surface area contributed by atoms with Gasteiger partial charge in [0.1, 0.15) is 11.7 Å². The summed E-state index contributed by atoms with van der Waals surface area (Å²) >= 11 is 0. The van der Waals surface area contributed by atoms with Gasteiger partial charge in [0.15, 0.2) is 0 Å². The molecule has 0 rings (SSSR count). The SMILES string of the molecule is CC/C=C\CCC(C(C)=O)C(=O)O. The molecule has 1 unspecified atom stereocenters. The molecular weight excluding hydrogens is 168 g/mol. The largest absolute Gasteiger partial charge is 0.481 e. The Kier molecular flexibility index (Phi) is 5.85. The van der Waals surface area contributed by atoms with Gasteiger partial charge in [-0.25, -0.2) is 0 Å². The Bertz CT molecular complexity index is 192. The Balaban J connectivity index is 3.91. The number of carboxylic acids is 1. The van der Waals surface area contributed by atoms with Crippen molar-refractivity contribution < 1.29 is 14.7 Å². The summed E-state index contributed by atoms with van der Waals surface area (Å²) in [6.07, 6.45) is 5.89. The molecule has 0 heterocycles. The van der Waals surface area contributed by atoms with Crippen LogP contribution in [0.15, 0.2) is 12.2 Å². The number of hydrogen-bond acceptors (Lipinski definition) is 2. The summed E-state index contributed by atoms with van der Waals surface area (Å²) in [4.78, 5) is 21.4. The molecule has 3 heteroatoms. The quantitative estimate of drug-likeness (QED) is 0.507. The van der Waals surface area contributed by atoms with Crippen LogP contribution in [0.25, 0.3) is 0 Å². The Labute approximate surface area is 78.5 Å². The van der Waals surface area contributed by atoms with E-state index in [-0.39, 0.29) is 5.78 Å². The molecule has 0 aromatic rings. The van der Waals surface area contributed by atoms with Crippen molar-refractivity contribution in [2.75, 3.05) is 0 Å². The fourth-order valence-electron chi connectivity index (χ4n) is 1.05. The van der Waals surface area contributed by atoms with Crippen molar-refractivity contribution in [1.82, 2.24) is 0 Å². The van der Waals surface area contributed by atoms with Crippen molar-refractivity contribution >= 4 is 11.8 Å². The zero-order chi connectivity index (χ0) is 10.3. The third-order valence-electron chi connectivity index (χ3n) is 1.81. The highest BCUT2D eigenvalue weighted by Gasteiger charge is 2.20. The molecule has 0 radical (unpaired) electrons. The minimum Gasteiger partial charge on any atom is -0.481 e. The zero-order valence-electron chi connectivity index (χ0n) is 8.12. The summed E-state index contributed by atoms with van der Waals surface area (Å²) in [6, 6.07) is 0. The van der Waals surface area contributed by atoms with E-state index in [2.05, 4.69) is 0 Å². The Morgan fingerprint density at radius 2 is 2.00 bits per heavy atom. The predicted molar refractivity (Wildman–Crippen MR) is 50.5 cm³/mol. The summed E-state index contributed by atoms with van der Waals surface area (Å²) in [5.41, 5.74) is 0. The first-order chi connectivity index (χ1) is 6.09. The third-order valence-corrected chi connectivity index (χ3v) is 1.81. The molecule has 3 nitrogen and oxygen atoms in total. The molecule has 0 aliphatic rings. The van der Waals surface area contributed by atoms with Crippen molar-refractivity contribution in [3.05, 3.63) is 12.2 Å². The fraction of sp³-hybridized carbons (Fsp3) is 0.600. The van der Waals surface area contributed by atoms with Crippen molar-refractivity contribution in [2.45, 2.75) is 33.1 Å². The first-order valence-corrected chi connectivity index (χ1v) is 4.47. The van der Waals surface area contributed by atoms with Crippen LogP contribution in [0.3, 0.4) is 0 Å². The Morgan fingerprint density at radius 3 is 2.38 bits per heavy atom. The summed E-state index contributed by atoms with van der Waals surface area (Å²) < 4.78 is 0. The van der Waals surface area contributed by atoms with Crippen LogP contribution in [0, 0.1) is 5.92 Å². The number of carbonyl (C=O) groups excluding carboxylic acids is 1. The average molecular weight is 184 g/mol. The number of aliphatic carboxylic acids is 1. The lowest BCUT2D eigenvalue weighted by Crippen LogP contribution is -2.20. The second kappa shape index (κ2) is 6.40. The zero-order valence-corrected chi connectivity index (χ0v) is 8.12. The molecule has 0 aromatic carbocycles. The monoisotopic (exact) mass is 184 g/mol. The van der Waals surface area contributed by atoms with E-state index in [0.29, 0.717) is 12.8 Å². The number of hydrogen-bond donors (Lipinski definition) is 1. The number of ketones is 1. The number of carbonyl (C=O) groups is 2. The summed E-state index contributed by atoms with van der Waals surface area (Å²) in [6.45, 7) is 3.33. The van der Waals surface area contributed by atoms with Gasteiger partial charge in [-0.2, -0.15) is 0 Å². The Hall–Kier alpha value is -1.12. The molecule has 0 aliphatic carbocycles. The normalized spacial score (nSPS) is 13.1. The molecule has 0 amide bonds. The number of rotatable bonds is 6. The molecule has 0 saturated carbocycles. The van der Waals surface area contributed by atoms with E-state index in [1.165, 1.54) is 6.92 Å². The molecular formula is C10H16O3. The maximum Gasteiger partial charge on any atom is 0.314 e. The van der Waals surface area contributed by atoms with E-state index in [1.807, 2.05) is 19.1 Å². The molecule has 1 N–H and O–H groups in total. The summed E-state index contributed by atoms with van der Waals surface area (Å²) in [5.74, 6) is -2.11. The van der Waals surface area contributed by atoms with Crippen LogP contribution in [-0.4, -0.2) is 16.9 Å². The maximum atomic E-state index is 10.8. The number of allylic oxidation sites excluding steroid dienone is 2. The van der Waals surface area contributed by atoms with Gasteiger partial charge in [-0.15, -0.1) is 0 Å². The average Bonchev–Trinajstić information content (AvgIpc) is 2.02. The van der Waals surface area contributed by atoms with Gasteiger partial charge in [0.25, 0.3) is 0 Å². The number of Topliss-reactive ketones (excluding diaryl/α,β-unsaturated/α-hetero) is 1. The first kappa shape index (κ1) is 11.9. The van der Waals surface area contributed by atoms with Gasteiger partial charge in [-0.05, 0) is 26.2 Å². The highest BCUT2D eigenvalue weighted by Crippen LogP contribution is 2.08. The van der Waals surface area contributed by atoms with E-state index < -0.39 is 11.9 Å². The van der Waals surface area contributed by atoms with Crippen molar-refractivity contribution in [1.29, 1.82) is 0 Å². The highest BCUT2D eigenvalue weighted by molar-refractivity contribution is 5.96. The van der Waals surface area contributed by atoms with Crippen LogP contribution in [-0.2, 0) is 9.59 Å².